The van der Waals surface area contributed by atoms with Gasteiger partial charge in [-0.25, -0.2) is 14.8 Å². The molecule has 0 bridgehead atoms. The largest absolute Gasteiger partial charge is 0.341 e. The molecule has 25 heavy (non-hydrogen) atoms. The number of hydrogen-bond acceptors (Lipinski definition) is 4. The van der Waals surface area contributed by atoms with Crippen LogP contribution in [-0.2, 0) is 0 Å². The van der Waals surface area contributed by atoms with Gasteiger partial charge >= 0.3 is 6.03 Å². The molecule has 1 saturated heterocycles. The van der Waals surface area contributed by atoms with Gasteiger partial charge < -0.3 is 15.1 Å². The highest BCUT2D eigenvalue weighted by Gasteiger charge is 2.26. The number of likely N-dealkylation sites (tertiary alicyclic amines) is 1. The van der Waals surface area contributed by atoms with Crippen LogP contribution >= 0.6 is 11.6 Å². The topological polar surface area (TPSA) is 61.4 Å². The quantitative estimate of drug-likeness (QED) is 0.910. The Morgan fingerprint density at radius 3 is 2.60 bits per heavy atom. The van der Waals surface area contributed by atoms with E-state index in [4.69, 9.17) is 11.6 Å². The molecule has 7 heteroatoms. The van der Waals surface area contributed by atoms with Gasteiger partial charge in [0.05, 0.1) is 17.4 Å². The predicted octanol–water partition coefficient (Wildman–Crippen LogP) is 3.57. The second-order valence-electron chi connectivity index (χ2n) is 6.33. The van der Waals surface area contributed by atoms with Gasteiger partial charge in [0, 0.05) is 31.9 Å². The van der Waals surface area contributed by atoms with Gasteiger partial charge in [-0.1, -0.05) is 23.7 Å². The summed E-state index contributed by atoms with van der Waals surface area (Å²) >= 11 is 5.84. The molecule has 1 aliphatic heterocycles. The Morgan fingerprint density at radius 2 is 1.96 bits per heavy atom. The van der Waals surface area contributed by atoms with Gasteiger partial charge in [-0.3, -0.25) is 0 Å². The number of aromatic nitrogens is 2. The Balaban J connectivity index is 1.54. The number of hydrogen-bond donors (Lipinski definition) is 1. The molecule has 1 aromatic heterocycles. The van der Waals surface area contributed by atoms with Crippen molar-refractivity contribution in [3.8, 4) is 0 Å². The highest BCUT2D eigenvalue weighted by atomic mass is 35.5. The molecule has 0 atom stereocenters. The van der Waals surface area contributed by atoms with Gasteiger partial charge in [-0.05, 0) is 37.5 Å². The Labute approximate surface area is 152 Å². The van der Waals surface area contributed by atoms with E-state index < -0.39 is 0 Å². The average molecular weight is 360 g/mol. The van der Waals surface area contributed by atoms with Crippen molar-refractivity contribution in [2.45, 2.75) is 25.8 Å². The molecule has 2 heterocycles. The number of aryl methyl sites for hydroxylation is 1. The third-order valence-electron chi connectivity index (χ3n) is 4.49. The van der Waals surface area contributed by atoms with E-state index in [9.17, 15) is 4.79 Å². The number of halogens is 1. The Morgan fingerprint density at radius 1 is 1.28 bits per heavy atom. The smallest absolute Gasteiger partial charge is 0.321 e. The minimum Gasteiger partial charge on any atom is -0.341 e. The van der Waals surface area contributed by atoms with Crippen molar-refractivity contribution in [3.05, 3.63) is 47.2 Å². The first-order chi connectivity index (χ1) is 12.0. The van der Waals surface area contributed by atoms with Gasteiger partial charge in [0.15, 0.2) is 0 Å². The third-order valence-corrected chi connectivity index (χ3v) is 4.69. The van der Waals surface area contributed by atoms with Crippen molar-refractivity contribution in [3.63, 3.8) is 0 Å². The molecule has 6 nitrogen and oxygen atoms in total. The minimum atomic E-state index is -0.0468. The van der Waals surface area contributed by atoms with Crippen LogP contribution in [0.4, 0.5) is 16.4 Å². The molecule has 1 aliphatic rings. The summed E-state index contributed by atoms with van der Waals surface area (Å²) in [6.45, 7) is 3.43. The second-order valence-corrected chi connectivity index (χ2v) is 6.77. The lowest BCUT2D eigenvalue weighted by Crippen LogP contribution is -2.47. The molecule has 2 aromatic rings. The molecule has 0 saturated carbocycles. The summed E-state index contributed by atoms with van der Waals surface area (Å²) in [5.74, 6) is 0.659. The van der Waals surface area contributed by atoms with Crippen LogP contribution in [-0.4, -0.2) is 47.1 Å². The number of amides is 2. The second kappa shape index (κ2) is 7.70. The number of carbonyl (C=O) groups is 1. The molecule has 0 aliphatic carbocycles. The highest BCUT2D eigenvalue weighted by Crippen LogP contribution is 2.20. The number of benzene rings is 1. The fraction of sp³-hybridized carbons (Fsp3) is 0.389. The maximum absolute atomic E-state index is 12.4. The van der Waals surface area contributed by atoms with Gasteiger partial charge in [-0.15, -0.1) is 0 Å². The molecular weight excluding hydrogens is 338 g/mol. The van der Waals surface area contributed by atoms with E-state index in [1.165, 1.54) is 0 Å². The van der Waals surface area contributed by atoms with Crippen LogP contribution < -0.4 is 10.2 Å². The summed E-state index contributed by atoms with van der Waals surface area (Å²) in [6, 6.07) is 8.09. The summed E-state index contributed by atoms with van der Waals surface area (Å²) in [5, 5.41) is 3.50. The maximum atomic E-state index is 12.4. The fourth-order valence-electron chi connectivity index (χ4n) is 3.03. The SMILES string of the molecule is Cc1cccc(NC(=O)N2CCC(N(C)c3ncc(Cl)cn3)CC2)c1. The third kappa shape index (κ3) is 4.39. The number of carbonyl (C=O) groups excluding carboxylic acids is 1. The number of anilines is 2. The van der Waals surface area contributed by atoms with Crippen LogP contribution in [0.3, 0.4) is 0 Å². The van der Waals surface area contributed by atoms with E-state index in [-0.39, 0.29) is 6.03 Å². The molecule has 1 fully saturated rings. The zero-order valence-electron chi connectivity index (χ0n) is 14.4. The van der Waals surface area contributed by atoms with E-state index in [1.54, 1.807) is 12.4 Å². The lowest BCUT2D eigenvalue weighted by atomic mass is 10.0. The molecular formula is C18H22ClN5O. The van der Waals surface area contributed by atoms with Gasteiger partial charge in [0.1, 0.15) is 0 Å². The van der Waals surface area contributed by atoms with Gasteiger partial charge in [-0.2, -0.15) is 0 Å². The highest BCUT2D eigenvalue weighted by molar-refractivity contribution is 6.30. The van der Waals surface area contributed by atoms with E-state index >= 15 is 0 Å². The number of rotatable bonds is 3. The zero-order chi connectivity index (χ0) is 17.8. The summed E-state index contributed by atoms with van der Waals surface area (Å²) in [7, 11) is 1.98. The molecule has 132 valence electrons. The van der Waals surface area contributed by atoms with Crippen molar-refractivity contribution in [1.29, 1.82) is 0 Å². The van der Waals surface area contributed by atoms with Crippen LogP contribution in [0.5, 0.6) is 0 Å². The first-order valence-electron chi connectivity index (χ1n) is 8.36. The lowest BCUT2D eigenvalue weighted by Gasteiger charge is -2.36. The van der Waals surface area contributed by atoms with E-state index in [2.05, 4.69) is 20.2 Å². The Hall–Kier alpha value is -2.34. The lowest BCUT2D eigenvalue weighted by molar-refractivity contribution is 0.194. The number of urea groups is 1. The normalized spacial score (nSPS) is 15.1. The standard InChI is InChI=1S/C18H22ClN5O/c1-13-4-3-5-15(10-13)22-18(25)24-8-6-16(7-9-24)23(2)17-20-11-14(19)12-21-17/h3-5,10-12,16H,6-9H2,1-2H3,(H,22,25). The van der Waals surface area contributed by atoms with Crippen LogP contribution in [0.15, 0.2) is 36.7 Å². The minimum absolute atomic E-state index is 0.0468. The molecule has 1 N–H and O–H groups in total. The monoisotopic (exact) mass is 359 g/mol. The molecule has 1 aromatic carbocycles. The molecule has 0 radical (unpaired) electrons. The van der Waals surface area contributed by atoms with Gasteiger partial charge in [0.2, 0.25) is 5.95 Å². The summed E-state index contributed by atoms with van der Waals surface area (Å²) in [4.78, 5) is 24.9. The van der Waals surface area contributed by atoms with Crippen LogP contribution in [0.25, 0.3) is 0 Å². The zero-order valence-corrected chi connectivity index (χ0v) is 15.2. The molecule has 3 rings (SSSR count). The number of nitrogens with zero attached hydrogens (tertiary/aromatic N) is 4. The fourth-order valence-corrected chi connectivity index (χ4v) is 3.13. The van der Waals surface area contributed by atoms with Crippen molar-refractivity contribution in [2.24, 2.45) is 0 Å². The first-order valence-corrected chi connectivity index (χ1v) is 8.73. The number of nitrogens with one attached hydrogen (secondary N) is 1. The maximum Gasteiger partial charge on any atom is 0.321 e. The van der Waals surface area contributed by atoms with Crippen LogP contribution in [0.2, 0.25) is 5.02 Å². The summed E-state index contributed by atoms with van der Waals surface area (Å²) in [6.07, 6.45) is 4.96. The Bertz CT molecular complexity index is 729. The predicted molar refractivity (Wildman–Crippen MR) is 100 cm³/mol. The molecule has 2 amide bonds. The van der Waals surface area contributed by atoms with Crippen molar-refractivity contribution in [1.82, 2.24) is 14.9 Å². The van der Waals surface area contributed by atoms with Crippen molar-refractivity contribution >= 4 is 29.3 Å². The van der Waals surface area contributed by atoms with Crippen molar-refractivity contribution in [2.75, 3.05) is 30.4 Å². The van der Waals surface area contributed by atoms with E-state index in [0.717, 1.165) is 24.1 Å². The van der Waals surface area contributed by atoms with E-state index in [0.29, 0.717) is 30.1 Å². The van der Waals surface area contributed by atoms with Crippen LogP contribution in [0.1, 0.15) is 18.4 Å². The molecule has 0 spiro atoms. The Kier molecular flexibility index (Phi) is 5.38. The summed E-state index contributed by atoms with van der Waals surface area (Å²) < 4.78 is 0. The van der Waals surface area contributed by atoms with E-state index in [1.807, 2.05) is 43.1 Å². The first kappa shape index (κ1) is 17.5. The van der Waals surface area contributed by atoms with Crippen molar-refractivity contribution < 1.29 is 4.79 Å². The average Bonchev–Trinajstić information content (AvgIpc) is 2.62. The van der Waals surface area contributed by atoms with Gasteiger partial charge in [0.25, 0.3) is 0 Å². The summed E-state index contributed by atoms with van der Waals surface area (Å²) in [5.41, 5.74) is 1.96. The molecule has 0 unspecified atom stereocenters. The van der Waals surface area contributed by atoms with Crippen LogP contribution in [0, 0.1) is 6.92 Å². The number of piperidine rings is 1.